The average Bonchev–Trinajstić information content (AvgIpc) is 2.52. The predicted molar refractivity (Wildman–Crippen MR) is 89.3 cm³/mol. The van der Waals surface area contributed by atoms with E-state index < -0.39 is 30.6 Å². The minimum Gasteiger partial charge on any atom is -0.482 e. The molecule has 1 rings (SSSR count). The fraction of sp³-hybridized carbons (Fsp3) is 0.412. The van der Waals surface area contributed by atoms with Gasteiger partial charge in [-0.3, -0.25) is 14.9 Å². The Labute approximate surface area is 145 Å². The molecule has 8 heteroatoms. The van der Waals surface area contributed by atoms with Gasteiger partial charge in [-0.05, 0) is 39.8 Å². The Morgan fingerprint density at radius 3 is 2.40 bits per heavy atom. The Kier molecular flexibility index (Phi) is 7.58. The molecule has 8 nitrogen and oxygen atoms in total. The Morgan fingerprint density at radius 2 is 1.80 bits per heavy atom. The van der Waals surface area contributed by atoms with E-state index in [4.69, 9.17) is 9.47 Å². The molecule has 0 spiro atoms. The van der Waals surface area contributed by atoms with E-state index in [1.807, 2.05) is 0 Å². The number of benzene rings is 1. The molecule has 0 aliphatic rings. The van der Waals surface area contributed by atoms with Crippen LogP contribution in [-0.2, 0) is 14.3 Å². The van der Waals surface area contributed by atoms with Crippen LogP contribution in [0, 0.1) is 0 Å². The number of urea groups is 1. The highest BCUT2D eigenvalue weighted by Gasteiger charge is 2.20. The fourth-order valence-corrected chi connectivity index (χ4v) is 1.74. The third-order valence-corrected chi connectivity index (χ3v) is 2.93. The lowest BCUT2D eigenvalue weighted by Gasteiger charge is -2.14. The summed E-state index contributed by atoms with van der Waals surface area (Å²) in [6.07, 6.45) is -1.16. The van der Waals surface area contributed by atoms with E-state index in [-0.39, 0.29) is 11.8 Å². The highest BCUT2D eigenvalue weighted by molar-refractivity contribution is 5.97. The van der Waals surface area contributed by atoms with E-state index in [9.17, 15) is 19.2 Å². The molecule has 0 heterocycles. The molecule has 0 bridgehead atoms. The second kappa shape index (κ2) is 9.41. The van der Waals surface area contributed by atoms with Gasteiger partial charge in [0.2, 0.25) is 0 Å². The van der Waals surface area contributed by atoms with Gasteiger partial charge in [0.15, 0.2) is 18.5 Å². The molecule has 0 radical (unpaired) electrons. The van der Waals surface area contributed by atoms with E-state index in [0.717, 1.165) is 0 Å². The van der Waals surface area contributed by atoms with E-state index in [1.54, 1.807) is 32.0 Å². The highest BCUT2D eigenvalue weighted by Crippen LogP contribution is 2.13. The van der Waals surface area contributed by atoms with Crippen molar-refractivity contribution < 1.29 is 28.7 Å². The van der Waals surface area contributed by atoms with Crippen molar-refractivity contribution in [2.24, 2.45) is 0 Å². The van der Waals surface area contributed by atoms with Crippen molar-refractivity contribution in [2.45, 2.75) is 39.8 Å². The number of carbonyl (C=O) groups excluding carboxylic acids is 4. The van der Waals surface area contributed by atoms with Crippen LogP contribution in [0.15, 0.2) is 24.3 Å². The largest absolute Gasteiger partial charge is 0.482 e. The van der Waals surface area contributed by atoms with Crippen molar-refractivity contribution >= 4 is 23.7 Å². The summed E-state index contributed by atoms with van der Waals surface area (Å²) in [6, 6.07) is 5.54. The SMILES string of the molecule is CC(=O)c1cccc(OCC(=O)O[C@@H](C)C(=O)NC(=O)NC(C)C)c1. The molecule has 0 fully saturated rings. The molecule has 0 aromatic heterocycles. The standard InChI is InChI=1S/C17H22N2O6/c1-10(2)18-17(23)19-16(22)12(4)25-15(21)9-24-14-7-5-6-13(8-14)11(3)20/h5-8,10,12H,9H2,1-4H3,(H2,18,19,22,23)/t12-/m0/s1. The lowest BCUT2D eigenvalue weighted by atomic mass is 10.1. The molecule has 1 atom stereocenters. The molecule has 0 unspecified atom stereocenters. The van der Waals surface area contributed by atoms with Gasteiger partial charge < -0.3 is 14.8 Å². The van der Waals surface area contributed by atoms with Crippen molar-refractivity contribution in [1.29, 1.82) is 0 Å². The summed E-state index contributed by atoms with van der Waals surface area (Å²) < 4.78 is 10.1. The van der Waals surface area contributed by atoms with E-state index in [2.05, 4.69) is 10.6 Å². The zero-order valence-electron chi connectivity index (χ0n) is 14.6. The number of Topliss-reactive ketones (excluding diaryl/α,β-unsaturated/α-hetero) is 1. The molecule has 1 aromatic rings. The van der Waals surface area contributed by atoms with Crippen LogP contribution in [0.2, 0.25) is 0 Å². The van der Waals surface area contributed by atoms with Gasteiger partial charge in [0.05, 0.1) is 0 Å². The van der Waals surface area contributed by atoms with Crippen molar-refractivity contribution in [3.63, 3.8) is 0 Å². The van der Waals surface area contributed by atoms with Crippen LogP contribution in [0.3, 0.4) is 0 Å². The van der Waals surface area contributed by atoms with Crippen LogP contribution in [-0.4, -0.2) is 42.4 Å². The summed E-state index contributed by atoms with van der Waals surface area (Å²) in [7, 11) is 0. The minimum atomic E-state index is -1.16. The maximum absolute atomic E-state index is 11.7. The topological polar surface area (TPSA) is 111 Å². The van der Waals surface area contributed by atoms with Gasteiger partial charge in [0, 0.05) is 11.6 Å². The molecule has 0 aliphatic heterocycles. The third kappa shape index (κ3) is 7.47. The number of esters is 1. The maximum Gasteiger partial charge on any atom is 0.344 e. The third-order valence-electron chi connectivity index (χ3n) is 2.93. The van der Waals surface area contributed by atoms with Crippen LogP contribution in [0.25, 0.3) is 0 Å². The summed E-state index contributed by atoms with van der Waals surface area (Å²) in [5, 5.41) is 4.54. The maximum atomic E-state index is 11.7. The molecule has 2 N–H and O–H groups in total. The number of ether oxygens (including phenoxy) is 2. The van der Waals surface area contributed by atoms with Crippen molar-refractivity contribution in [1.82, 2.24) is 10.6 Å². The van der Waals surface area contributed by atoms with Crippen LogP contribution in [0.5, 0.6) is 5.75 Å². The summed E-state index contributed by atoms with van der Waals surface area (Å²) >= 11 is 0. The van der Waals surface area contributed by atoms with E-state index in [1.165, 1.54) is 19.9 Å². The van der Waals surface area contributed by atoms with Gasteiger partial charge >= 0.3 is 12.0 Å². The second-order valence-corrected chi connectivity index (χ2v) is 5.62. The van der Waals surface area contributed by atoms with Gasteiger partial charge in [-0.1, -0.05) is 12.1 Å². The first-order valence-electron chi connectivity index (χ1n) is 7.73. The number of hydrogen-bond donors (Lipinski definition) is 2. The van der Waals surface area contributed by atoms with Gasteiger partial charge in [-0.15, -0.1) is 0 Å². The summed E-state index contributed by atoms with van der Waals surface area (Å²) in [4.78, 5) is 46.2. The highest BCUT2D eigenvalue weighted by atomic mass is 16.6. The number of nitrogens with one attached hydrogen (secondary N) is 2. The number of amides is 3. The van der Waals surface area contributed by atoms with Crippen molar-refractivity contribution in [3.8, 4) is 5.75 Å². The molecule has 0 aliphatic carbocycles. The first-order chi connectivity index (χ1) is 11.7. The van der Waals surface area contributed by atoms with E-state index >= 15 is 0 Å². The monoisotopic (exact) mass is 350 g/mol. The predicted octanol–water partition coefficient (Wildman–Crippen LogP) is 1.43. The number of rotatable bonds is 7. The van der Waals surface area contributed by atoms with Gasteiger partial charge in [0.1, 0.15) is 5.75 Å². The Balaban J connectivity index is 2.45. The molecule has 136 valence electrons. The molecule has 1 aromatic carbocycles. The van der Waals surface area contributed by atoms with Crippen molar-refractivity contribution in [3.05, 3.63) is 29.8 Å². The van der Waals surface area contributed by atoms with Crippen molar-refractivity contribution in [2.75, 3.05) is 6.61 Å². The molecule has 0 saturated heterocycles. The molecular weight excluding hydrogens is 328 g/mol. The second-order valence-electron chi connectivity index (χ2n) is 5.62. The van der Waals surface area contributed by atoms with Gasteiger partial charge in [-0.25, -0.2) is 9.59 Å². The molecule has 25 heavy (non-hydrogen) atoms. The minimum absolute atomic E-state index is 0.127. The van der Waals surface area contributed by atoms with Crippen LogP contribution in [0.4, 0.5) is 4.79 Å². The molecule has 3 amide bonds. The van der Waals surface area contributed by atoms with Crippen LogP contribution >= 0.6 is 0 Å². The smallest absolute Gasteiger partial charge is 0.344 e. The van der Waals surface area contributed by atoms with Gasteiger partial charge in [0.25, 0.3) is 5.91 Å². The van der Waals surface area contributed by atoms with Gasteiger partial charge in [-0.2, -0.15) is 0 Å². The number of ketones is 1. The molecule has 0 saturated carbocycles. The van der Waals surface area contributed by atoms with Crippen LogP contribution < -0.4 is 15.4 Å². The van der Waals surface area contributed by atoms with Crippen LogP contribution in [0.1, 0.15) is 38.1 Å². The first kappa shape index (κ1) is 20.1. The fourth-order valence-electron chi connectivity index (χ4n) is 1.74. The number of hydrogen-bond acceptors (Lipinski definition) is 6. The number of imide groups is 1. The zero-order valence-corrected chi connectivity index (χ0v) is 14.6. The summed E-state index contributed by atoms with van der Waals surface area (Å²) in [5.74, 6) is -1.32. The Morgan fingerprint density at radius 1 is 1.12 bits per heavy atom. The van der Waals surface area contributed by atoms with E-state index in [0.29, 0.717) is 11.3 Å². The Hall–Kier alpha value is -2.90. The lowest BCUT2D eigenvalue weighted by molar-refractivity contribution is -0.156. The lowest BCUT2D eigenvalue weighted by Crippen LogP contribution is -2.46. The quantitative estimate of drug-likeness (QED) is 0.568. The summed E-state index contributed by atoms with van der Waals surface area (Å²) in [6.45, 7) is 5.81. The first-order valence-corrected chi connectivity index (χ1v) is 7.73. The zero-order chi connectivity index (χ0) is 19.0. The molecular formula is C17H22N2O6. The summed E-state index contributed by atoms with van der Waals surface area (Å²) in [5.41, 5.74) is 0.453. The normalized spacial score (nSPS) is 11.4. The average molecular weight is 350 g/mol. The Bertz CT molecular complexity index is 656. The number of carbonyl (C=O) groups is 4.